The summed E-state index contributed by atoms with van der Waals surface area (Å²) in [5, 5.41) is 17.7. The predicted molar refractivity (Wildman–Crippen MR) is 114 cm³/mol. The van der Waals surface area contributed by atoms with Crippen molar-refractivity contribution in [1.82, 2.24) is 15.0 Å². The fraction of sp³-hybridized carbons (Fsp3) is 0.118. The summed E-state index contributed by atoms with van der Waals surface area (Å²) in [5.41, 5.74) is 2.15. The normalized spacial score (nSPS) is 11.4. The van der Waals surface area contributed by atoms with E-state index in [0.717, 1.165) is 11.6 Å². The molecule has 0 radical (unpaired) electrons. The number of benzene rings is 2. The number of nitrogens with zero attached hydrogens (tertiary/aromatic N) is 3. The molecule has 14 heteroatoms. The molecule has 11 nitrogen and oxygen atoms in total. The van der Waals surface area contributed by atoms with Gasteiger partial charge in [-0.1, -0.05) is 22.7 Å². The second-order valence-corrected chi connectivity index (χ2v) is 8.65. The van der Waals surface area contributed by atoms with E-state index in [9.17, 15) is 13.0 Å². The first-order valence-electron chi connectivity index (χ1n) is 8.45. The molecule has 3 rings (SSSR count). The standard InChI is InChI=1S/C17H16ClN5O6S2/c1-9-3-5-11(6-4-9)19-16-21-15(18)22-17(23-16)20-12-8-14(31(25,26)27)10(2)7-13(12)30-29-28-24/h3-8,24H,1-2H3,(H,25,26,27)(H2,19,20,21,22,23). The number of aryl methyl sites for hydroxylation is 2. The van der Waals surface area contributed by atoms with Gasteiger partial charge in [0.2, 0.25) is 17.2 Å². The topological polar surface area (TPSA) is 156 Å². The Morgan fingerprint density at radius 1 is 1.03 bits per heavy atom. The van der Waals surface area contributed by atoms with Crippen LogP contribution in [0.3, 0.4) is 0 Å². The van der Waals surface area contributed by atoms with Gasteiger partial charge in [0.1, 0.15) is 0 Å². The number of hydrogen-bond acceptors (Lipinski definition) is 11. The highest BCUT2D eigenvalue weighted by atomic mass is 35.5. The summed E-state index contributed by atoms with van der Waals surface area (Å²) in [6, 6.07) is 10.0. The van der Waals surface area contributed by atoms with E-state index in [4.69, 9.17) is 16.9 Å². The Morgan fingerprint density at radius 2 is 1.68 bits per heavy atom. The number of anilines is 4. The number of hydrogen-bond donors (Lipinski definition) is 4. The van der Waals surface area contributed by atoms with E-state index in [1.54, 1.807) is 0 Å². The van der Waals surface area contributed by atoms with E-state index in [1.807, 2.05) is 31.2 Å². The minimum absolute atomic E-state index is 0.0217. The summed E-state index contributed by atoms with van der Waals surface area (Å²) < 4.78 is 37.3. The Labute approximate surface area is 186 Å². The van der Waals surface area contributed by atoms with Gasteiger partial charge in [-0.25, -0.2) is 5.26 Å². The number of rotatable bonds is 8. The van der Waals surface area contributed by atoms with Crippen LogP contribution in [-0.2, 0) is 19.5 Å². The molecular formula is C17H16ClN5O6S2. The van der Waals surface area contributed by atoms with Crippen molar-refractivity contribution in [1.29, 1.82) is 0 Å². The Hall–Kier alpha value is -2.52. The van der Waals surface area contributed by atoms with Gasteiger partial charge < -0.3 is 10.6 Å². The highest BCUT2D eigenvalue weighted by molar-refractivity contribution is 7.94. The zero-order valence-electron chi connectivity index (χ0n) is 16.0. The molecule has 0 spiro atoms. The Kier molecular flexibility index (Phi) is 7.27. The van der Waals surface area contributed by atoms with Crippen molar-refractivity contribution in [3.63, 3.8) is 0 Å². The summed E-state index contributed by atoms with van der Waals surface area (Å²) >= 11 is 6.58. The average Bonchev–Trinajstić information content (AvgIpc) is 2.68. The van der Waals surface area contributed by atoms with Crippen LogP contribution in [0.1, 0.15) is 11.1 Å². The molecule has 0 aliphatic rings. The molecule has 3 aromatic rings. The third-order valence-corrected chi connectivity index (χ3v) is 5.68. The molecule has 0 fully saturated rings. The SMILES string of the molecule is Cc1ccc(Nc2nc(Cl)nc(Nc3cc(S(=O)(=O)O)c(C)cc3SOOO)n2)cc1. The van der Waals surface area contributed by atoms with Crippen LogP contribution in [0.25, 0.3) is 0 Å². The van der Waals surface area contributed by atoms with E-state index in [2.05, 4.69) is 35.0 Å². The summed E-state index contributed by atoms with van der Waals surface area (Å²) in [6.45, 7) is 3.43. The molecule has 4 N–H and O–H groups in total. The third kappa shape index (κ3) is 6.24. The molecule has 0 saturated heterocycles. The minimum atomic E-state index is -4.51. The van der Waals surface area contributed by atoms with Crippen molar-refractivity contribution >= 4 is 57.0 Å². The average molecular weight is 486 g/mol. The van der Waals surface area contributed by atoms with Gasteiger partial charge in [0.25, 0.3) is 10.1 Å². The second-order valence-electron chi connectivity index (χ2n) is 6.18. The smallest absolute Gasteiger partial charge is 0.294 e. The molecule has 0 amide bonds. The van der Waals surface area contributed by atoms with Crippen LogP contribution in [0.5, 0.6) is 0 Å². The first-order chi connectivity index (χ1) is 14.7. The van der Waals surface area contributed by atoms with Crippen molar-refractivity contribution in [2.75, 3.05) is 10.6 Å². The predicted octanol–water partition coefficient (Wildman–Crippen LogP) is 4.30. The van der Waals surface area contributed by atoms with Crippen LogP contribution < -0.4 is 10.6 Å². The van der Waals surface area contributed by atoms with Gasteiger partial charge in [-0.3, -0.25) is 4.55 Å². The highest BCUT2D eigenvalue weighted by Crippen LogP contribution is 2.34. The van der Waals surface area contributed by atoms with Gasteiger partial charge in [-0.05, 0) is 55.3 Å². The number of halogens is 1. The lowest BCUT2D eigenvalue weighted by molar-refractivity contribution is -0.432. The Bertz CT molecular complexity index is 1190. The van der Waals surface area contributed by atoms with Gasteiger partial charge in [0, 0.05) is 5.69 Å². The molecule has 164 valence electrons. The third-order valence-electron chi connectivity index (χ3n) is 3.87. The fourth-order valence-corrected chi connectivity index (χ4v) is 3.93. The largest absolute Gasteiger partial charge is 0.324 e. The summed E-state index contributed by atoms with van der Waals surface area (Å²) in [7, 11) is -4.51. The van der Waals surface area contributed by atoms with Crippen LogP contribution >= 0.6 is 23.6 Å². The maximum Gasteiger partial charge on any atom is 0.294 e. The molecule has 31 heavy (non-hydrogen) atoms. The Morgan fingerprint density at radius 3 is 2.29 bits per heavy atom. The molecule has 2 aromatic carbocycles. The van der Waals surface area contributed by atoms with E-state index >= 15 is 0 Å². The monoisotopic (exact) mass is 485 g/mol. The van der Waals surface area contributed by atoms with Gasteiger partial charge in [0.05, 0.1) is 27.5 Å². The van der Waals surface area contributed by atoms with Crippen molar-refractivity contribution < 1.29 is 27.6 Å². The van der Waals surface area contributed by atoms with Gasteiger partial charge in [-0.2, -0.15) is 23.4 Å². The molecule has 0 saturated carbocycles. The molecule has 0 aliphatic carbocycles. The van der Waals surface area contributed by atoms with Crippen LogP contribution in [0.2, 0.25) is 5.28 Å². The van der Waals surface area contributed by atoms with Gasteiger partial charge in [-0.15, -0.1) is 4.33 Å². The molecule has 1 aromatic heterocycles. The van der Waals surface area contributed by atoms with Crippen LogP contribution in [0.15, 0.2) is 46.2 Å². The highest BCUT2D eigenvalue weighted by Gasteiger charge is 2.19. The quantitative estimate of drug-likeness (QED) is 0.155. The van der Waals surface area contributed by atoms with E-state index in [0.29, 0.717) is 22.6 Å². The van der Waals surface area contributed by atoms with Crippen molar-refractivity contribution in [3.8, 4) is 0 Å². The van der Waals surface area contributed by atoms with Crippen LogP contribution in [0.4, 0.5) is 23.3 Å². The maximum absolute atomic E-state index is 11.7. The van der Waals surface area contributed by atoms with Crippen molar-refractivity contribution in [3.05, 3.63) is 52.8 Å². The molecular weight excluding hydrogens is 470 g/mol. The fourth-order valence-electron chi connectivity index (χ4n) is 2.51. The van der Waals surface area contributed by atoms with Gasteiger partial charge in [0.15, 0.2) is 0 Å². The van der Waals surface area contributed by atoms with E-state index in [1.165, 1.54) is 13.0 Å². The summed E-state index contributed by atoms with van der Waals surface area (Å²) in [6.07, 6.45) is 0. The van der Waals surface area contributed by atoms with Gasteiger partial charge >= 0.3 is 0 Å². The maximum atomic E-state index is 11.7. The second kappa shape index (κ2) is 9.74. The molecule has 0 bridgehead atoms. The van der Waals surface area contributed by atoms with Crippen molar-refractivity contribution in [2.45, 2.75) is 23.6 Å². The lowest BCUT2D eigenvalue weighted by Crippen LogP contribution is -2.07. The lowest BCUT2D eigenvalue weighted by atomic mass is 10.2. The zero-order chi connectivity index (χ0) is 22.6. The van der Waals surface area contributed by atoms with E-state index in [-0.39, 0.29) is 33.3 Å². The minimum Gasteiger partial charge on any atom is -0.324 e. The summed E-state index contributed by atoms with van der Waals surface area (Å²) in [5.74, 6) is 0.115. The lowest BCUT2D eigenvalue weighted by Gasteiger charge is -2.13. The molecule has 0 aliphatic heterocycles. The first kappa shape index (κ1) is 23.1. The Balaban J connectivity index is 1.96. The van der Waals surface area contributed by atoms with Crippen LogP contribution in [0, 0.1) is 13.8 Å². The van der Waals surface area contributed by atoms with E-state index < -0.39 is 10.1 Å². The first-order valence-corrected chi connectivity index (χ1v) is 11.0. The number of aromatic nitrogens is 3. The summed E-state index contributed by atoms with van der Waals surface area (Å²) in [4.78, 5) is 12.1. The van der Waals surface area contributed by atoms with Crippen LogP contribution in [-0.4, -0.2) is 33.2 Å². The number of nitrogens with one attached hydrogen (secondary N) is 2. The molecule has 0 unspecified atom stereocenters. The molecule has 1 heterocycles. The zero-order valence-corrected chi connectivity index (χ0v) is 18.4. The molecule has 0 atom stereocenters. The van der Waals surface area contributed by atoms with Crippen molar-refractivity contribution in [2.24, 2.45) is 0 Å².